The van der Waals surface area contributed by atoms with Gasteiger partial charge < -0.3 is 15.4 Å². The van der Waals surface area contributed by atoms with Gasteiger partial charge in [0.25, 0.3) is 0 Å². The lowest BCUT2D eigenvalue weighted by atomic mass is 10.2. The number of pyridine rings is 1. The Morgan fingerprint density at radius 2 is 2.33 bits per heavy atom. The highest BCUT2D eigenvalue weighted by atomic mass is 16.5. The molecule has 3 rings (SSSR count). The molecule has 1 aliphatic heterocycles. The summed E-state index contributed by atoms with van der Waals surface area (Å²) >= 11 is 0. The quantitative estimate of drug-likeness (QED) is 0.833. The fourth-order valence-corrected chi connectivity index (χ4v) is 2.22. The number of methoxy groups -OCH3 is 1. The second-order valence-electron chi connectivity index (χ2n) is 4.29. The predicted octanol–water partition coefficient (Wildman–Crippen LogP) is 0.807. The zero-order chi connectivity index (χ0) is 12.4. The van der Waals surface area contributed by atoms with Crippen LogP contribution in [-0.4, -0.2) is 41.2 Å². The van der Waals surface area contributed by atoms with Crippen molar-refractivity contribution in [1.29, 1.82) is 0 Å². The molecule has 1 fully saturated rings. The molecule has 0 amide bonds. The molecular formula is C12H15N5O. The van der Waals surface area contributed by atoms with E-state index in [2.05, 4.69) is 25.6 Å². The first-order chi connectivity index (χ1) is 8.88. The molecule has 2 aromatic rings. The van der Waals surface area contributed by atoms with Gasteiger partial charge in [-0.05, 0) is 13.0 Å². The van der Waals surface area contributed by atoms with Gasteiger partial charge in [-0.15, -0.1) is 0 Å². The first-order valence-corrected chi connectivity index (χ1v) is 5.98. The van der Waals surface area contributed by atoms with Crippen molar-refractivity contribution in [1.82, 2.24) is 20.3 Å². The van der Waals surface area contributed by atoms with Crippen molar-refractivity contribution < 1.29 is 4.74 Å². The zero-order valence-corrected chi connectivity index (χ0v) is 10.2. The Bertz CT molecular complexity index is 548. The van der Waals surface area contributed by atoms with E-state index < -0.39 is 0 Å². The fourth-order valence-electron chi connectivity index (χ4n) is 2.22. The standard InChI is InChI=1S/C12H15N5O/c1-18-10-6-14-5-9-11(10)12(16-7-15-9)17-8-2-3-13-4-8/h5-8,13H,2-4H2,1H3,(H,15,16,17)/t8-/m1/s1. The third kappa shape index (κ3) is 1.95. The average molecular weight is 245 g/mol. The maximum atomic E-state index is 5.33. The summed E-state index contributed by atoms with van der Waals surface area (Å²) in [4.78, 5) is 12.6. The minimum Gasteiger partial charge on any atom is -0.494 e. The van der Waals surface area contributed by atoms with Gasteiger partial charge in [-0.1, -0.05) is 0 Å². The number of nitrogens with zero attached hydrogens (tertiary/aromatic N) is 3. The summed E-state index contributed by atoms with van der Waals surface area (Å²) in [5, 5.41) is 7.65. The second-order valence-corrected chi connectivity index (χ2v) is 4.29. The molecule has 0 aliphatic carbocycles. The number of hydrogen-bond donors (Lipinski definition) is 2. The van der Waals surface area contributed by atoms with Crippen molar-refractivity contribution >= 4 is 16.7 Å². The highest BCUT2D eigenvalue weighted by molar-refractivity contribution is 5.93. The molecule has 0 bridgehead atoms. The molecule has 0 unspecified atom stereocenters. The van der Waals surface area contributed by atoms with Gasteiger partial charge in [0.15, 0.2) is 0 Å². The number of hydrogen-bond acceptors (Lipinski definition) is 6. The summed E-state index contributed by atoms with van der Waals surface area (Å²) in [7, 11) is 1.63. The number of aromatic nitrogens is 3. The van der Waals surface area contributed by atoms with E-state index in [-0.39, 0.29) is 0 Å². The molecule has 0 saturated carbocycles. The van der Waals surface area contributed by atoms with Crippen LogP contribution in [0, 0.1) is 0 Å². The smallest absolute Gasteiger partial charge is 0.150 e. The second kappa shape index (κ2) is 4.73. The Morgan fingerprint density at radius 3 is 3.11 bits per heavy atom. The van der Waals surface area contributed by atoms with E-state index in [9.17, 15) is 0 Å². The lowest BCUT2D eigenvalue weighted by molar-refractivity contribution is 0.418. The maximum absolute atomic E-state index is 5.33. The molecule has 94 valence electrons. The molecular weight excluding hydrogens is 230 g/mol. The van der Waals surface area contributed by atoms with Gasteiger partial charge in [-0.2, -0.15) is 0 Å². The lowest BCUT2D eigenvalue weighted by Gasteiger charge is -2.14. The van der Waals surface area contributed by atoms with Crippen LogP contribution in [0.2, 0.25) is 0 Å². The molecule has 1 aliphatic rings. The van der Waals surface area contributed by atoms with Gasteiger partial charge in [-0.25, -0.2) is 9.97 Å². The van der Waals surface area contributed by atoms with E-state index >= 15 is 0 Å². The number of nitrogens with one attached hydrogen (secondary N) is 2. The minimum atomic E-state index is 0.404. The SMILES string of the molecule is COc1cncc2ncnc(N[C@@H]3CCNC3)c12. The molecule has 6 nitrogen and oxygen atoms in total. The van der Waals surface area contributed by atoms with E-state index in [0.29, 0.717) is 11.8 Å². The zero-order valence-electron chi connectivity index (χ0n) is 10.2. The maximum Gasteiger partial charge on any atom is 0.150 e. The van der Waals surface area contributed by atoms with E-state index in [1.807, 2.05) is 0 Å². The van der Waals surface area contributed by atoms with Crippen LogP contribution in [0.3, 0.4) is 0 Å². The fraction of sp³-hybridized carbons (Fsp3) is 0.417. The van der Waals surface area contributed by atoms with Crippen LogP contribution in [-0.2, 0) is 0 Å². The Kier molecular flexibility index (Phi) is 2.93. The Hall–Kier alpha value is -1.95. The summed E-state index contributed by atoms with van der Waals surface area (Å²) in [6.07, 6.45) is 6.05. The van der Waals surface area contributed by atoms with Crippen LogP contribution in [0.1, 0.15) is 6.42 Å². The average Bonchev–Trinajstić information content (AvgIpc) is 2.91. The minimum absolute atomic E-state index is 0.404. The van der Waals surface area contributed by atoms with Crippen molar-refractivity contribution in [3.05, 3.63) is 18.7 Å². The van der Waals surface area contributed by atoms with Crippen LogP contribution in [0.4, 0.5) is 5.82 Å². The molecule has 0 aromatic carbocycles. The van der Waals surface area contributed by atoms with Crippen LogP contribution in [0.5, 0.6) is 5.75 Å². The third-order valence-corrected chi connectivity index (χ3v) is 3.13. The van der Waals surface area contributed by atoms with E-state index in [1.165, 1.54) is 0 Å². The topological polar surface area (TPSA) is 72.0 Å². The molecule has 1 atom stereocenters. The van der Waals surface area contributed by atoms with Gasteiger partial charge in [0, 0.05) is 12.6 Å². The van der Waals surface area contributed by atoms with Crippen molar-refractivity contribution in [2.45, 2.75) is 12.5 Å². The van der Waals surface area contributed by atoms with Gasteiger partial charge in [0.2, 0.25) is 0 Å². The summed E-state index contributed by atoms with van der Waals surface area (Å²) in [6, 6.07) is 0.404. The summed E-state index contributed by atoms with van der Waals surface area (Å²) < 4.78 is 5.33. The molecule has 18 heavy (non-hydrogen) atoms. The van der Waals surface area contributed by atoms with Gasteiger partial charge >= 0.3 is 0 Å². The predicted molar refractivity (Wildman–Crippen MR) is 68.8 cm³/mol. The summed E-state index contributed by atoms with van der Waals surface area (Å²) in [5.74, 6) is 1.51. The van der Waals surface area contributed by atoms with E-state index in [0.717, 1.165) is 36.2 Å². The Morgan fingerprint density at radius 1 is 1.39 bits per heavy atom. The van der Waals surface area contributed by atoms with Gasteiger partial charge in [0.05, 0.1) is 30.4 Å². The number of fused-ring (bicyclic) bond motifs is 1. The first-order valence-electron chi connectivity index (χ1n) is 5.98. The van der Waals surface area contributed by atoms with Crippen molar-refractivity contribution in [2.75, 3.05) is 25.5 Å². The summed E-state index contributed by atoms with van der Waals surface area (Å²) in [5.41, 5.74) is 0.790. The monoisotopic (exact) mass is 245 g/mol. The van der Waals surface area contributed by atoms with Crippen molar-refractivity contribution in [2.24, 2.45) is 0 Å². The highest BCUT2D eigenvalue weighted by Gasteiger charge is 2.17. The molecule has 1 saturated heterocycles. The third-order valence-electron chi connectivity index (χ3n) is 3.13. The lowest BCUT2D eigenvalue weighted by Crippen LogP contribution is -2.23. The number of ether oxygens (including phenoxy) is 1. The molecule has 2 aromatic heterocycles. The van der Waals surface area contributed by atoms with Crippen LogP contribution >= 0.6 is 0 Å². The van der Waals surface area contributed by atoms with Crippen LogP contribution in [0.15, 0.2) is 18.7 Å². The largest absolute Gasteiger partial charge is 0.494 e. The Balaban J connectivity index is 2.04. The first kappa shape index (κ1) is 11.2. The van der Waals surface area contributed by atoms with E-state index in [4.69, 9.17) is 4.74 Å². The molecule has 3 heterocycles. The number of anilines is 1. The van der Waals surface area contributed by atoms with Crippen LogP contribution < -0.4 is 15.4 Å². The van der Waals surface area contributed by atoms with Gasteiger partial charge in [-0.3, -0.25) is 4.98 Å². The molecule has 6 heteroatoms. The highest BCUT2D eigenvalue weighted by Crippen LogP contribution is 2.28. The van der Waals surface area contributed by atoms with Crippen molar-refractivity contribution in [3.8, 4) is 5.75 Å². The molecule has 0 spiro atoms. The van der Waals surface area contributed by atoms with E-state index in [1.54, 1.807) is 25.8 Å². The van der Waals surface area contributed by atoms with Crippen molar-refractivity contribution in [3.63, 3.8) is 0 Å². The van der Waals surface area contributed by atoms with Crippen LogP contribution in [0.25, 0.3) is 10.9 Å². The normalized spacial score (nSPS) is 19.1. The molecule has 0 radical (unpaired) electrons. The summed E-state index contributed by atoms with van der Waals surface area (Å²) in [6.45, 7) is 2.00. The van der Waals surface area contributed by atoms with Gasteiger partial charge in [0.1, 0.15) is 17.9 Å². The number of rotatable bonds is 3. The molecule has 2 N–H and O–H groups in total. The Labute approximate surface area is 105 Å².